The molecule has 1 heterocycles. The van der Waals surface area contributed by atoms with Gasteiger partial charge in [-0.3, -0.25) is 4.79 Å². The summed E-state index contributed by atoms with van der Waals surface area (Å²) in [7, 11) is 1.64. The summed E-state index contributed by atoms with van der Waals surface area (Å²) in [6.07, 6.45) is 4.74. The predicted octanol–water partition coefficient (Wildman–Crippen LogP) is 3.13. The van der Waals surface area contributed by atoms with Crippen LogP contribution in [0.5, 0.6) is 5.75 Å². The minimum absolute atomic E-state index is 0.0297. The summed E-state index contributed by atoms with van der Waals surface area (Å²) < 4.78 is 7.11. The lowest BCUT2D eigenvalue weighted by atomic mass is 10.1. The normalized spacial score (nSPS) is 10.4. The molecule has 0 fully saturated rings. The van der Waals surface area contributed by atoms with Crippen molar-refractivity contribution in [1.29, 1.82) is 0 Å². The molecule has 25 heavy (non-hydrogen) atoms. The Morgan fingerprint density at radius 3 is 2.64 bits per heavy atom. The van der Waals surface area contributed by atoms with Gasteiger partial charge in [0.15, 0.2) is 0 Å². The van der Waals surface area contributed by atoms with Crippen LogP contribution >= 0.6 is 0 Å². The Hall–Kier alpha value is -3.08. The van der Waals surface area contributed by atoms with Crippen LogP contribution in [0.3, 0.4) is 0 Å². The number of hydrogen-bond donors (Lipinski definition) is 1. The van der Waals surface area contributed by atoms with Gasteiger partial charge in [0.1, 0.15) is 5.75 Å². The Labute approximate surface area is 147 Å². The second-order valence-electron chi connectivity index (χ2n) is 5.71. The molecular formula is C20H21N3O2. The third-order valence-corrected chi connectivity index (χ3v) is 4.01. The lowest BCUT2D eigenvalue weighted by Gasteiger charge is -2.09. The van der Waals surface area contributed by atoms with Crippen molar-refractivity contribution in [2.45, 2.75) is 19.4 Å². The molecule has 0 saturated carbocycles. The molecule has 0 radical (unpaired) electrons. The van der Waals surface area contributed by atoms with Gasteiger partial charge in [0, 0.05) is 25.4 Å². The topological polar surface area (TPSA) is 56.1 Å². The van der Waals surface area contributed by atoms with Crippen LogP contribution in [0.4, 0.5) is 0 Å². The number of rotatable bonds is 7. The number of amides is 1. The fourth-order valence-electron chi connectivity index (χ4n) is 2.63. The van der Waals surface area contributed by atoms with Crippen LogP contribution in [0.25, 0.3) is 5.69 Å². The van der Waals surface area contributed by atoms with E-state index in [0.717, 1.165) is 22.6 Å². The zero-order valence-corrected chi connectivity index (χ0v) is 14.2. The Bertz CT molecular complexity index is 811. The van der Waals surface area contributed by atoms with Gasteiger partial charge in [0.25, 0.3) is 0 Å². The zero-order valence-electron chi connectivity index (χ0n) is 14.2. The number of carbonyl (C=O) groups is 1. The van der Waals surface area contributed by atoms with Gasteiger partial charge < -0.3 is 10.1 Å². The molecule has 0 unspecified atom stereocenters. The molecule has 0 aliphatic rings. The van der Waals surface area contributed by atoms with Crippen molar-refractivity contribution in [3.8, 4) is 11.4 Å². The first-order valence-electron chi connectivity index (χ1n) is 8.24. The number of ether oxygens (including phenoxy) is 1. The smallest absolute Gasteiger partial charge is 0.220 e. The highest BCUT2D eigenvalue weighted by Gasteiger charge is 2.06. The van der Waals surface area contributed by atoms with E-state index in [1.54, 1.807) is 18.0 Å². The summed E-state index contributed by atoms with van der Waals surface area (Å²) in [6.45, 7) is 0.518. The molecule has 3 rings (SSSR count). The average Bonchev–Trinajstić information content (AvgIpc) is 3.20. The number of benzene rings is 2. The monoisotopic (exact) mass is 335 g/mol. The van der Waals surface area contributed by atoms with Crippen LogP contribution in [-0.2, 0) is 17.8 Å². The average molecular weight is 335 g/mol. The molecule has 1 aromatic heterocycles. The van der Waals surface area contributed by atoms with Crippen molar-refractivity contribution in [1.82, 2.24) is 15.1 Å². The molecule has 0 aliphatic heterocycles. The van der Waals surface area contributed by atoms with Crippen LogP contribution in [-0.4, -0.2) is 22.8 Å². The molecule has 5 heteroatoms. The van der Waals surface area contributed by atoms with Crippen LogP contribution < -0.4 is 10.1 Å². The number of aryl methyl sites for hydroxylation is 1. The number of aromatic nitrogens is 2. The van der Waals surface area contributed by atoms with E-state index in [1.807, 2.05) is 60.8 Å². The highest BCUT2D eigenvalue weighted by molar-refractivity contribution is 5.76. The zero-order chi connectivity index (χ0) is 17.5. The summed E-state index contributed by atoms with van der Waals surface area (Å²) in [5.74, 6) is 0.853. The molecule has 0 atom stereocenters. The Morgan fingerprint density at radius 1 is 1.12 bits per heavy atom. The van der Waals surface area contributed by atoms with Gasteiger partial charge in [-0.1, -0.05) is 30.3 Å². The Kier molecular flexibility index (Phi) is 5.46. The maximum Gasteiger partial charge on any atom is 0.220 e. The predicted molar refractivity (Wildman–Crippen MR) is 96.7 cm³/mol. The summed E-state index contributed by atoms with van der Waals surface area (Å²) in [6, 6.07) is 17.6. The van der Waals surface area contributed by atoms with Crippen molar-refractivity contribution in [3.63, 3.8) is 0 Å². The third-order valence-electron chi connectivity index (χ3n) is 4.01. The van der Waals surface area contributed by atoms with E-state index in [0.29, 0.717) is 19.4 Å². The summed E-state index contributed by atoms with van der Waals surface area (Å²) in [5.41, 5.74) is 3.10. The minimum Gasteiger partial charge on any atom is -0.496 e. The van der Waals surface area contributed by atoms with Gasteiger partial charge in [-0.05, 0) is 41.8 Å². The minimum atomic E-state index is 0.0297. The van der Waals surface area contributed by atoms with E-state index in [4.69, 9.17) is 4.74 Å². The second kappa shape index (κ2) is 8.15. The highest BCUT2D eigenvalue weighted by Crippen LogP contribution is 2.18. The van der Waals surface area contributed by atoms with E-state index in [9.17, 15) is 4.79 Å². The number of methoxy groups -OCH3 is 1. The number of nitrogens with one attached hydrogen (secondary N) is 1. The van der Waals surface area contributed by atoms with Gasteiger partial charge in [0.05, 0.1) is 12.8 Å². The molecule has 0 bridgehead atoms. The maximum atomic E-state index is 12.1. The molecule has 128 valence electrons. The van der Waals surface area contributed by atoms with Crippen LogP contribution in [0.1, 0.15) is 17.5 Å². The number of carbonyl (C=O) groups excluding carboxylic acids is 1. The summed E-state index contributed by atoms with van der Waals surface area (Å²) >= 11 is 0. The van der Waals surface area contributed by atoms with Gasteiger partial charge in [-0.25, -0.2) is 4.68 Å². The summed E-state index contributed by atoms with van der Waals surface area (Å²) in [4.78, 5) is 12.1. The molecule has 0 spiro atoms. The first-order chi connectivity index (χ1) is 12.3. The van der Waals surface area contributed by atoms with Gasteiger partial charge in [-0.2, -0.15) is 5.10 Å². The second-order valence-corrected chi connectivity index (χ2v) is 5.71. The van der Waals surface area contributed by atoms with Crippen LogP contribution in [0, 0.1) is 0 Å². The maximum absolute atomic E-state index is 12.1. The highest BCUT2D eigenvalue weighted by atomic mass is 16.5. The van der Waals surface area contributed by atoms with Crippen LogP contribution in [0.2, 0.25) is 0 Å². The lowest BCUT2D eigenvalue weighted by molar-refractivity contribution is -0.121. The largest absolute Gasteiger partial charge is 0.496 e. The van der Waals surface area contributed by atoms with Crippen molar-refractivity contribution in [2.75, 3.05) is 7.11 Å². The van der Waals surface area contributed by atoms with Gasteiger partial charge >= 0.3 is 0 Å². The third kappa shape index (κ3) is 4.47. The number of hydrogen-bond acceptors (Lipinski definition) is 3. The van der Waals surface area contributed by atoms with Crippen molar-refractivity contribution in [2.24, 2.45) is 0 Å². The first kappa shape index (κ1) is 16.8. The fraction of sp³-hybridized carbons (Fsp3) is 0.200. The van der Waals surface area contributed by atoms with Crippen molar-refractivity contribution in [3.05, 3.63) is 78.1 Å². The van der Waals surface area contributed by atoms with Gasteiger partial charge in [0.2, 0.25) is 5.91 Å². The SMILES string of the molecule is COc1ccccc1CCC(=O)NCc1ccc(-n2cccn2)cc1. The van der Waals surface area contributed by atoms with E-state index in [-0.39, 0.29) is 5.91 Å². The van der Waals surface area contributed by atoms with E-state index >= 15 is 0 Å². The Morgan fingerprint density at radius 2 is 1.92 bits per heavy atom. The van der Waals surface area contributed by atoms with E-state index in [1.165, 1.54) is 0 Å². The molecule has 5 nitrogen and oxygen atoms in total. The van der Waals surface area contributed by atoms with Crippen LogP contribution in [0.15, 0.2) is 67.0 Å². The number of nitrogens with zero attached hydrogens (tertiary/aromatic N) is 2. The molecule has 0 saturated heterocycles. The lowest BCUT2D eigenvalue weighted by Crippen LogP contribution is -2.23. The van der Waals surface area contributed by atoms with E-state index in [2.05, 4.69) is 10.4 Å². The Balaban J connectivity index is 1.49. The van der Waals surface area contributed by atoms with Crippen molar-refractivity contribution < 1.29 is 9.53 Å². The number of para-hydroxylation sites is 1. The molecule has 2 aromatic carbocycles. The molecule has 1 amide bonds. The molecular weight excluding hydrogens is 314 g/mol. The molecule has 0 aliphatic carbocycles. The van der Waals surface area contributed by atoms with E-state index < -0.39 is 0 Å². The molecule has 3 aromatic rings. The quantitative estimate of drug-likeness (QED) is 0.722. The van der Waals surface area contributed by atoms with Crippen molar-refractivity contribution >= 4 is 5.91 Å². The summed E-state index contributed by atoms with van der Waals surface area (Å²) in [5, 5.41) is 7.15. The standard InChI is InChI=1S/C20H21N3O2/c1-25-19-6-3-2-5-17(19)9-12-20(24)21-15-16-7-10-18(11-8-16)23-14-4-13-22-23/h2-8,10-11,13-14H,9,12,15H2,1H3,(H,21,24). The first-order valence-corrected chi connectivity index (χ1v) is 8.24. The molecule has 1 N–H and O–H groups in total. The van der Waals surface area contributed by atoms with Gasteiger partial charge in [-0.15, -0.1) is 0 Å². The fourth-order valence-corrected chi connectivity index (χ4v) is 2.63.